The van der Waals surface area contributed by atoms with Crippen LogP contribution < -0.4 is 14.8 Å². The van der Waals surface area contributed by atoms with Gasteiger partial charge in [-0.05, 0) is 48.4 Å². The third-order valence-corrected chi connectivity index (χ3v) is 5.79. The summed E-state index contributed by atoms with van der Waals surface area (Å²) < 4.78 is 13.1. The van der Waals surface area contributed by atoms with Crippen molar-refractivity contribution < 1.29 is 14.3 Å². The molecule has 0 fully saturated rings. The molecule has 0 aliphatic carbocycles. The van der Waals surface area contributed by atoms with Gasteiger partial charge in [-0.25, -0.2) is 0 Å². The Hall–Kier alpha value is -3.70. The lowest BCUT2D eigenvalue weighted by Gasteiger charge is -2.13. The quantitative estimate of drug-likeness (QED) is 0.425. The zero-order chi connectivity index (χ0) is 22.1. The molecule has 1 aromatic heterocycles. The Labute approximate surface area is 191 Å². The fourth-order valence-electron chi connectivity index (χ4n) is 3.90. The van der Waals surface area contributed by atoms with Gasteiger partial charge in [-0.3, -0.25) is 4.79 Å². The minimum Gasteiger partial charge on any atom is -0.454 e. The highest BCUT2D eigenvalue weighted by atomic mass is 35.5. The number of hydrogen-bond donors (Lipinski definition) is 1. The van der Waals surface area contributed by atoms with Crippen LogP contribution >= 0.6 is 11.6 Å². The largest absolute Gasteiger partial charge is 0.454 e. The average Bonchev–Trinajstić information content (AvgIpc) is 3.42. The number of hydrogen-bond acceptors (Lipinski definition) is 3. The second kappa shape index (κ2) is 8.44. The van der Waals surface area contributed by atoms with Crippen molar-refractivity contribution in [1.82, 2.24) is 9.88 Å². The van der Waals surface area contributed by atoms with Crippen LogP contribution in [0.15, 0.2) is 78.9 Å². The first-order valence-electron chi connectivity index (χ1n) is 10.3. The maximum atomic E-state index is 13.1. The fraction of sp³-hybridized carbons (Fsp3) is 0.115. The standard InChI is InChI=1S/C26H21ClN2O3/c1-17-22(26(30)28-15-18-5-3-2-4-6-18)14-23(19-7-9-20(27)10-8-19)29(17)21-11-12-24-25(13-21)32-16-31-24/h2-14H,15-16H2,1H3,(H,28,30). The van der Waals surface area contributed by atoms with Crippen molar-refractivity contribution in [3.05, 3.63) is 101 Å². The molecule has 6 heteroatoms. The van der Waals surface area contributed by atoms with E-state index in [1.807, 2.05) is 85.8 Å². The predicted molar refractivity (Wildman–Crippen MR) is 125 cm³/mol. The number of fused-ring (bicyclic) bond motifs is 1. The molecule has 1 N–H and O–H groups in total. The van der Waals surface area contributed by atoms with Gasteiger partial charge in [-0.2, -0.15) is 0 Å². The van der Waals surface area contributed by atoms with E-state index in [9.17, 15) is 4.79 Å². The summed E-state index contributed by atoms with van der Waals surface area (Å²) in [7, 11) is 0. The van der Waals surface area contributed by atoms with Crippen LogP contribution in [0.3, 0.4) is 0 Å². The van der Waals surface area contributed by atoms with Gasteiger partial charge in [0.2, 0.25) is 6.79 Å². The number of benzene rings is 3. The van der Waals surface area contributed by atoms with Crippen LogP contribution in [0.4, 0.5) is 0 Å². The summed E-state index contributed by atoms with van der Waals surface area (Å²) in [5.41, 5.74) is 5.23. The number of amides is 1. The van der Waals surface area contributed by atoms with Gasteiger partial charge in [0.1, 0.15) is 0 Å². The molecule has 4 aromatic rings. The Kier molecular flexibility index (Phi) is 5.33. The minimum absolute atomic E-state index is 0.124. The Bertz CT molecular complexity index is 1280. The average molecular weight is 445 g/mol. The molecule has 2 heterocycles. The predicted octanol–water partition coefficient (Wildman–Crippen LogP) is 5.76. The van der Waals surface area contributed by atoms with Crippen molar-refractivity contribution >= 4 is 17.5 Å². The first-order valence-corrected chi connectivity index (χ1v) is 10.7. The number of nitrogens with zero attached hydrogens (tertiary/aromatic N) is 1. The molecule has 0 atom stereocenters. The van der Waals surface area contributed by atoms with E-state index in [4.69, 9.17) is 21.1 Å². The van der Waals surface area contributed by atoms with E-state index in [2.05, 4.69) is 9.88 Å². The second-order valence-corrected chi connectivity index (χ2v) is 8.01. The molecule has 3 aromatic carbocycles. The summed E-state index contributed by atoms with van der Waals surface area (Å²) in [6, 6.07) is 25.2. The molecule has 32 heavy (non-hydrogen) atoms. The minimum atomic E-state index is -0.124. The Morgan fingerprint density at radius 1 is 0.969 bits per heavy atom. The third kappa shape index (κ3) is 3.83. The zero-order valence-electron chi connectivity index (χ0n) is 17.5. The number of ether oxygens (including phenoxy) is 2. The highest BCUT2D eigenvalue weighted by Crippen LogP contribution is 2.37. The first-order chi connectivity index (χ1) is 15.6. The lowest BCUT2D eigenvalue weighted by molar-refractivity contribution is 0.0950. The first kappa shape index (κ1) is 20.2. The van der Waals surface area contributed by atoms with E-state index >= 15 is 0 Å². The number of halogens is 1. The highest BCUT2D eigenvalue weighted by molar-refractivity contribution is 6.30. The van der Waals surface area contributed by atoms with E-state index in [1.165, 1.54) is 0 Å². The third-order valence-electron chi connectivity index (χ3n) is 5.54. The number of nitrogens with one attached hydrogen (secondary N) is 1. The van der Waals surface area contributed by atoms with Gasteiger partial charge in [0, 0.05) is 29.0 Å². The van der Waals surface area contributed by atoms with Crippen LogP contribution in [0.25, 0.3) is 16.9 Å². The molecule has 0 saturated heterocycles. The zero-order valence-corrected chi connectivity index (χ0v) is 18.2. The molecule has 1 aliphatic heterocycles. The van der Waals surface area contributed by atoms with Crippen LogP contribution in [-0.2, 0) is 6.54 Å². The van der Waals surface area contributed by atoms with E-state index in [-0.39, 0.29) is 12.7 Å². The molecule has 160 valence electrons. The maximum absolute atomic E-state index is 13.1. The Morgan fingerprint density at radius 3 is 2.50 bits per heavy atom. The summed E-state index contributed by atoms with van der Waals surface area (Å²) in [5, 5.41) is 3.69. The van der Waals surface area contributed by atoms with Gasteiger partial charge in [0.15, 0.2) is 11.5 Å². The molecular weight excluding hydrogens is 424 g/mol. The smallest absolute Gasteiger partial charge is 0.253 e. The SMILES string of the molecule is Cc1c(C(=O)NCc2ccccc2)cc(-c2ccc(Cl)cc2)n1-c1ccc2c(c1)OCO2. The van der Waals surface area contributed by atoms with Crippen molar-refractivity contribution in [2.24, 2.45) is 0 Å². The Morgan fingerprint density at radius 2 is 1.72 bits per heavy atom. The second-order valence-electron chi connectivity index (χ2n) is 7.58. The summed E-state index contributed by atoms with van der Waals surface area (Å²) >= 11 is 6.10. The molecule has 1 aliphatic rings. The summed E-state index contributed by atoms with van der Waals surface area (Å²) in [4.78, 5) is 13.1. The molecular formula is C26H21ClN2O3. The number of carbonyl (C=O) groups is 1. The fourth-order valence-corrected chi connectivity index (χ4v) is 4.03. The molecule has 5 rings (SSSR count). The van der Waals surface area contributed by atoms with Gasteiger partial charge >= 0.3 is 0 Å². The van der Waals surface area contributed by atoms with Gasteiger partial charge in [0.05, 0.1) is 11.3 Å². The lowest BCUT2D eigenvalue weighted by Crippen LogP contribution is -2.23. The lowest BCUT2D eigenvalue weighted by atomic mass is 10.1. The highest BCUT2D eigenvalue weighted by Gasteiger charge is 2.21. The van der Waals surface area contributed by atoms with Crippen LogP contribution in [0.5, 0.6) is 11.5 Å². The molecule has 1 amide bonds. The van der Waals surface area contributed by atoms with Crippen molar-refractivity contribution in [3.63, 3.8) is 0 Å². The molecule has 0 bridgehead atoms. The molecule has 0 saturated carbocycles. The van der Waals surface area contributed by atoms with Crippen LogP contribution in [0.1, 0.15) is 21.6 Å². The number of carbonyl (C=O) groups excluding carboxylic acids is 1. The molecule has 0 radical (unpaired) electrons. The van der Waals surface area contributed by atoms with E-state index in [0.717, 1.165) is 28.2 Å². The van der Waals surface area contributed by atoms with Crippen molar-refractivity contribution in [2.75, 3.05) is 6.79 Å². The van der Waals surface area contributed by atoms with Gasteiger partial charge < -0.3 is 19.4 Å². The summed E-state index contributed by atoms with van der Waals surface area (Å²) in [6.45, 7) is 2.62. The molecule has 0 spiro atoms. The van der Waals surface area contributed by atoms with E-state index in [0.29, 0.717) is 28.6 Å². The summed E-state index contributed by atoms with van der Waals surface area (Å²) in [6.07, 6.45) is 0. The molecule has 0 unspecified atom stereocenters. The van der Waals surface area contributed by atoms with Crippen molar-refractivity contribution in [3.8, 4) is 28.4 Å². The van der Waals surface area contributed by atoms with Gasteiger partial charge in [-0.15, -0.1) is 0 Å². The van der Waals surface area contributed by atoms with E-state index < -0.39 is 0 Å². The van der Waals surface area contributed by atoms with Crippen LogP contribution in [0.2, 0.25) is 5.02 Å². The maximum Gasteiger partial charge on any atom is 0.253 e. The van der Waals surface area contributed by atoms with Crippen LogP contribution in [0, 0.1) is 6.92 Å². The van der Waals surface area contributed by atoms with Gasteiger partial charge in [-0.1, -0.05) is 54.1 Å². The van der Waals surface area contributed by atoms with Gasteiger partial charge in [0.25, 0.3) is 5.91 Å². The normalized spacial score (nSPS) is 12.1. The van der Waals surface area contributed by atoms with Crippen molar-refractivity contribution in [1.29, 1.82) is 0 Å². The monoisotopic (exact) mass is 444 g/mol. The molecule has 5 nitrogen and oxygen atoms in total. The number of rotatable bonds is 5. The van der Waals surface area contributed by atoms with Crippen LogP contribution in [-0.4, -0.2) is 17.3 Å². The Balaban J connectivity index is 1.56. The summed E-state index contributed by atoms with van der Waals surface area (Å²) in [5.74, 6) is 1.28. The number of aromatic nitrogens is 1. The topological polar surface area (TPSA) is 52.5 Å². The van der Waals surface area contributed by atoms with Crippen molar-refractivity contribution in [2.45, 2.75) is 13.5 Å². The van der Waals surface area contributed by atoms with E-state index in [1.54, 1.807) is 0 Å².